The number of carboxylic acids is 1. The van der Waals surface area contributed by atoms with Crippen LogP contribution in [0.2, 0.25) is 0 Å². The van der Waals surface area contributed by atoms with Gasteiger partial charge in [-0.25, -0.2) is 0 Å². The first kappa shape index (κ1) is 14.0. The van der Waals surface area contributed by atoms with Crippen LogP contribution in [0.25, 0.3) is 0 Å². The second kappa shape index (κ2) is 6.02. The van der Waals surface area contributed by atoms with Crippen LogP contribution in [0, 0.1) is 6.92 Å². The lowest BCUT2D eigenvalue weighted by atomic mass is 10.3. The number of carbonyl (C=O) groups is 1. The van der Waals surface area contributed by atoms with Gasteiger partial charge < -0.3 is 14.6 Å². The molecule has 1 heterocycles. The normalized spacial score (nSPS) is 13.0. The third-order valence-corrected chi connectivity index (χ3v) is 3.16. The number of thioether (sulfide) groups is 1. The molecule has 0 aliphatic heterocycles. The number of likely N-dealkylation sites (N-methyl/N-ethyl adjacent to an activating group) is 1. The van der Waals surface area contributed by atoms with Gasteiger partial charge in [-0.15, -0.1) is 10.2 Å². The first-order valence-electron chi connectivity index (χ1n) is 5.32. The molecule has 0 saturated carbocycles. The number of nitrogens with zero attached hydrogens (tertiary/aromatic N) is 4. The van der Waals surface area contributed by atoms with Crippen LogP contribution in [-0.2, 0) is 4.79 Å². The van der Waals surface area contributed by atoms with Crippen molar-refractivity contribution in [2.75, 3.05) is 26.4 Å². The van der Waals surface area contributed by atoms with Gasteiger partial charge in [0.05, 0.1) is 5.75 Å². The van der Waals surface area contributed by atoms with Gasteiger partial charge in [-0.05, 0) is 27.9 Å². The first-order chi connectivity index (χ1) is 7.91. The zero-order valence-electron chi connectivity index (χ0n) is 10.5. The van der Waals surface area contributed by atoms with Crippen LogP contribution in [0.3, 0.4) is 0 Å². The van der Waals surface area contributed by atoms with E-state index in [-0.39, 0.29) is 11.8 Å². The number of rotatable bonds is 6. The Balaban J connectivity index is 2.81. The fourth-order valence-corrected chi connectivity index (χ4v) is 2.49. The van der Waals surface area contributed by atoms with Gasteiger partial charge in [-0.1, -0.05) is 11.8 Å². The first-order valence-corrected chi connectivity index (χ1v) is 6.31. The molecule has 0 saturated heterocycles. The summed E-state index contributed by atoms with van der Waals surface area (Å²) in [7, 11) is 4.00. The molecule has 1 N–H and O–H groups in total. The van der Waals surface area contributed by atoms with E-state index in [4.69, 9.17) is 5.11 Å². The summed E-state index contributed by atoms with van der Waals surface area (Å²) in [5.74, 6) is -0.0259. The monoisotopic (exact) mass is 258 g/mol. The standard InChI is InChI=1S/C10H18N4O2S/c1-7(5-13(3)4)14-8(2)11-12-10(14)17-6-9(15)16/h7H,5-6H2,1-4H3,(H,15,16). The Labute approximate surface area is 105 Å². The quantitative estimate of drug-likeness (QED) is 0.764. The maximum absolute atomic E-state index is 10.6. The van der Waals surface area contributed by atoms with Gasteiger partial charge in [0.1, 0.15) is 5.82 Å². The molecule has 7 heteroatoms. The van der Waals surface area contributed by atoms with Crippen molar-refractivity contribution in [1.82, 2.24) is 19.7 Å². The van der Waals surface area contributed by atoms with Gasteiger partial charge in [0.15, 0.2) is 5.16 Å². The van der Waals surface area contributed by atoms with Gasteiger partial charge in [0.25, 0.3) is 0 Å². The summed E-state index contributed by atoms with van der Waals surface area (Å²) in [6, 6.07) is 0.219. The topological polar surface area (TPSA) is 71.2 Å². The van der Waals surface area contributed by atoms with Crippen molar-refractivity contribution in [3.8, 4) is 0 Å². The largest absolute Gasteiger partial charge is 0.481 e. The van der Waals surface area contributed by atoms with E-state index in [1.807, 2.05) is 25.6 Å². The molecule has 1 aromatic heterocycles. The van der Waals surface area contributed by atoms with Crippen molar-refractivity contribution in [3.63, 3.8) is 0 Å². The summed E-state index contributed by atoms with van der Waals surface area (Å²) in [5, 5.41) is 17.3. The highest BCUT2D eigenvalue weighted by Gasteiger charge is 2.16. The fourth-order valence-electron chi connectivity index (χ4n) is 1.69. The molecule has 1 rings (SSSR count). The van der Waals surface area contributed by atoms with Gasteiger partial charge >= 0.3 is 5.97 Å². The maximum Gasteiger partial charge on any atom is 0.313 e. The molecule has 6 nitrogen and oxygen atoms in total. The van der Waals surface area contributed by atoms with Crippen molar-refractivity contribution in [2.45, 2.75) is 25.0 Å². The van der Waals surface area contributed by atoms with Crippen molar-refractivity contribution in [1.29, 1.82) is 0 Å². The molecule has 17 heavy (non-hydrogen) atoms. The van der Waals surface area contributed by atoms with Gasteiger partial charge in [-0.2, -0.15) is 0 Å². The van der Waals surface area contributed by atoms with E-state index in [1.54, 1.807) is 0 Å². The highest BCUT2D eigenvalue weighted by atomic mass is 32.2. The second-order valence-corrected chi connectivity index (χ2v) is 5.14. The lowest BCUT2D eigenvalue weighted by Gasteiger charge is -2.20. The average molecular weight is 258 g/mol. The summed E-state index contributed by atoms with van der Waals surface area (Å²) in [5.41, 5.74) is 0. The lowest BCUT2D eigenvalue weighted by molar-refractivity contribution is -0.133. The summed E-state index contributed by atoms with van der Waals surface area (Å²) in [6.07, 6.45) is 0. The zero-order chi connectivity index (χ0) is 13.0. The molecular formula is C10H18N4O2S. The van der Waals surface area contributed by atoms with E-state index in [9.17, 15) is 4.79 Å². The highest BCUT2D eigenvalue weighted by molar-refractivity contribution is 7.99. The average Bonchev–Trinajstić information content (AvgIpc) is 2.55. The van der Waals surface area contributed by atoms with E-state index in [1.165, 1.54) is 11.8 Å². The number of hydrogen-bond acceptors (Lipinski definition) is 5. The summed E-state index contributed by atoms with van der Waals surface area (Å²) >= 11 is 1.20. The molecule has 1 unspecified atom stereocenters. The number of aryl methyl sites for hydroxylation is 1. The lowest BCUT2D eigenvalue weighted by Crippen LogP contribution is -2.23. The zero-order valence-corrected chi connectivity index (χ0v) is 11.4. The van der Waals surface area contributed by atoms with Crippen LogP contribution in [0.4, 0.5) is 0 Å². The van der Waals surface area contributed by atoms with Gasteiger partial charge in [0.2, 0.25) is 0 Å². The predicted molar refractivity (Wildman–Crippen MR) is 66.4 cm³/mol. The van der Waals surface area contributed by atoms with Crippen LogP contribution in [-0.4, -0.2) is 57.1 Å². The Morgan fingerprint density at radius 3 is 2.71 bits per heavy atom. The number of aliphatic carboxylic acids is 1. The Morgan fingerprint density at radius 2 is 2.18 bits per heavy atom. The van der Waals surface area contributed by atoms with Gasteiger partial charge in [0, 0.05) is 12.6 Å². The Morgan fingerprint density at radius 1 is 1.53 bits per heavy atom. The minimum Gasteiger partial charge on any atom is -0.481 e. The summed E-state index contributed by atoms with van der Waals surface area (Å²) < 4.78 is 1.98. The molecule has 0 spiro atoms. The van der Waals surface area contributed by atoms with Crippen molar-refractivity contribution in [3.05, 3.63) is 5.82 Å². The van der Waals surface area contributed by atoms with E-state index in [0.29, 0.717) is 5.16 Å². The van der Waals surface area contributed by atoms with Crippen molar-refractivity contribution in [2.24, 2.45) is 0 Å². The molecule has 0 aromatic carbocycles. The number of aromatic nitrogens is 3. The highest BCUT2D eigenvalue weighted by Crippen LogP contribution is 2.21. The van der Waals surface area contributed by atoms with E-state index < -0.39 is 5.97 Å². The third-order valence-electron chi connectivity index (χ3n) is 2.23. The number of hydrogen-bond donors (Lipinski definition) is 1. The Kier molecular flexibility index (Phi) is 4.95. The molecule has 0 aliphatic rings. The van der Waals surface area contributed by atoms with Crippen molar-refractivity contribution < 1.29 is 9.90 Å². The van der Waals surface area contributed by atoms with E-state index >= 15 is 0 Å². The maximum atomic E-state index is 10.6. The molecule has 0 aliphatic carbocycles. The fraction of sp³-hybridized carbons (Fsp3) is 0.700. The van der Waals surface area contributed by atoms with Crippen LogP contribution in [0.5, 0.6) is 0 Å². The minimum absolute atomic E-state index is 0.00676. The Hall–Kier alpha value is -1.08. The Bertz CT molecular complexity index is 392. The summed E-state index contributed by atoms with van der Waals surface area (Å²) in [6.45, 7) is 4.81. The van der Waals surface area contributed by atoms with Crippen LogP contribution >= 0.6 is 11.8 Å². The van der Waals surface area contributed by atoms with Crippen LogP contribution in [0.1, 0.15) is 18.8 Å². The SMILES string of the molecule is Cc1nnc(SCC(=O)O)n1C(C)CN(C)C. The van der Waals surface area contributed by atoms with Crippen LogP contribution < -0.4 is 0 Å². The summed E-state index contributed by atoms with van der Waals surface area (Å²) in [4.78, 5) is 12.6. The minimum atomic E-state index is -0.845. The number of carboxylic acid groups (broad SMARTS) is 1. The molecule has 0 amide bonds. The molecule has 1 atom stereocenters. The molecular weight excluding hydrogens is 240 g/mol. The van der Waals surface area contributed by atoms with Crippen molar-refractivity contribution >= 4 is 17.7 Å². The molecule has 0 bridgehead atoms. The van der Waals surface area contributed by atoms with E-state index in [2.05, 4.69) is 22.0 Å². The molecule has 1 aromatic rings. The predicted octanol–water partition coefficient (Wildman–Crippen LogP) is 0.886. The van der Waals surface area contributed by atoms with Gasteiger partial charge in [-0.3, -0.25) is 4.79 Å². The smallest absolute Gasteiger partial charge is 0.313 e. The second-order valence-electron chi connectivity index (χ2n) is 4.19. The molecule has 0 fully saturated rings. The molecule has 96 valence electrons. The molecule has 0 radical (unpaired) electrons. The third kappa shape index (κ3) is 4.01. The van der Waals surface area contributed by atoms with E-state index in [0.717, 1.165) is 12.4 Å². The van der Waals surface area contributed by atoms with Crippen LogP contribution in [0.15, 0.2) is 5.16 Å².